The van der Waals surface area contributed by atoms with E-state index >= 15 is 0 Å². The van der Waals surface area contributed by atoms with Gasteiger partial charge in [-0.1, -0.05) is 0 Å². The molecule has 2 heteroatoms. The minimum absolute atomic E-state index is 0.296. The van der Waals surface area contributed by atoms with Crippen LogP contribution in [-0.4, -0.2) is 35.2 Å². The summed E-state index contributed by atoms with van der Waals surface area (Å²) < 4.78 is 0. The summed E-state index contributed by atoms with van der Waals surface area (Å²) in [5, 5.41) is 8.87. The number of aliphatic hydroxyl groups is 1. The Labute approximate surface area is 62.8 Å². The van der Waals surface area contributed by atoms with E-state index in [0.29, 0.717) is 18.7 Å². The Hall–Kier alpha value is -0.0800. The molecule has 1 aliphatic rings. The number of hydrogen-bond acceptors (Lipinski definition) is 2. The third-order valence-electron chi connectivity index (χ3n) is 2.43. The molecule has 1 N–H and O–H groups in total. The topological polar surface area (TPSA) is 23.5 Å². The summed E-state index contributed by atoms with van der Waals surface area (Å²) in [5.74, 6) is 0. The van der Waals surface area contributed by atoms with Gasteiger partial charge in [-0.2, -0.15) is 0 Å². The van der Waals surface area contributed by atoms with Gasteiger partial charge in [0.15, 0.2) is 0 Å². The summed E-state index contributed by atoms with van der Waals surface area (Å²) in [6.45, 7) is 5.79. The van der Waals surface area contributed by atoms with Crippen molar-refractivity contribution in [3.63, 3.8) is 0 Å². The number of likely N-dealkylation sites (tertiary alicyclic amines) is 1. The SMILES string of the molecule is CC(CO)N1CCCC1C. The number of nitrogens with zero attached hydrogens (tertiary/aromatic N) is 1. The van der Waals surface area contributed by atoms with Gasteiger partial charge >= 0.3 is 0 Å². The minimum Gasteiger partial charge on any atom is -0.395 e. The maximum absolute atomic E-state index is 8.87. The van der Waals surface area contributed by atoms with Gasteiger partial charge in [-0.15, -0.1) is 0 Å². The predicted molar refractivity (Wildman–Crippen MR) is 41.9 cm³/mol. The molecule has 1 fully saturated rings. The van der Waals surface area contributed by atoms with Crippen LogP contribution in [0.3, 0.4) is 0 Å². The van der Waals surface area contributed by atoms with Crippen LogP contribution in [0, 0.1) is 0 Å². The van der Waals surface area contributed by atoms with Crippen molar-refractivity contribution >= 4 is 0 Å². The molecule has 2 atom stereocenters. The Morgan fingerprint density at radius 2 is 2.40 bits per heavy atom. The second-order valence-corrected chi connectivity index (χ2v) is 3.26. The largest absolute Gasteiger partial charge is 0.395 e. The molecule has 0 aromatic heterocycles. The standard InChI is InChI=1S/C8H17NO/c1-7-4-3-5-9(7)8(2)6-10/h7-8,10H,3-6H2,1-2H3. The second-order valence-electron chi connectivity index (χ2n) is 3.26. The van der Waals surface area contributed by atoms with Crippen molar-refractivity contribution in [2.45, 2.75) is 38.8 Å². The van der Waals surface area contributed by atoms with Gasteiger partial charge in [0.25, 0.3) is 0 Å². The van der Waals surface area contributed by atoms with Crippen molar-refractivity contribution in [1.29, 1.82) is 0 Å². The normalized spacial score (nSPS) is 30.9. The molecule has 0 aromatic rings. The van der Waals surface area contributed by atoms with E-state index in [-0.39, 0.29) is 0 Å². The molecule has 0 radical (unpaired) electrons. The fraction of sp³-hybridized carbons (Fsp3) is 1.00. The Balaban J connectivity index is 2.38. The number of rotatable bonds is 2. The minimum atomic E-state index is 0.296. The van der Waals surface area contributed by atoms with Gasteiger partial charge < -0.3 is 5.11 Å². The summed E-state index contributed by atoms with van der Waals surface area (Å²) in [5.41, 5.74) is 0. The van der Waals surface area contributed by atoms with Crippen molar-refractivity contribution < 1.29 is 5.11 Å². The quantitative estimate of drug-likeness (QED) is 0.619. The van der Waals surface area contributed by atoms with E-state index in [1.165, 1.54) is 19.4 Å². The van der Waals surface area contributed by atoms with Gasteiger partial charge in [0.05, 0.1) is 6.61 Å². The van der Waals surface area contributed by atoms with Crippen LogP contribution in [0.15, 0.2) is 0 Å². The highest BCUT2D eigenvalue weighted by Gasteiger charge is 2.23. The van der Waals surface area contributed by atoms with Crippen molar-refractivity contribution in [1.82, 2.24) is 4.90 Å². The first kappa shape index (κ1) is 8.02. The van der Waals surface area contributed by atoms with E-state index < -0.39 is 0 Å². The maximum Gasteiger partial charge on any atom is 0.0584 e. The molecular weight excluding hydrogens is 126 g/mol. The summed E-state index contributed by atoms with van der Waals surface area (Å²) in [6.07, 6.45) is 2.59. The Morgan fingerprint density at radius 3 is 2.80 bits per heavy atom. The molecule has 1 heterocycles. The predicted octanol–water partition coefficient (Wildman–Crippen LogP) is 0.852. The van der Waals surface area contributed by atoms with E-state index in [1.807, 2.05) is 0 Å². The zero-order valence-electron chi connectivity index (χ0n) is 6.88. The zero-order chi connectivity index (χ0) is 7.56. The average molecular weight is 143 g/mol. The highest BCUT2D eigenvalue weighted by Crippen LogP contribution is 2.18. The van der Waals surface area contributed by atoms with Crippen LogP contribution in [0.4, 0.5) is 0 Å². The van der Waals surface area contributed by atoms with Gasteiger partial charge in [-0.25, -0.2) is 0 Å². The highest BCUT2D eigenvalue weighted by molar-refractivity contribution is 4.79. The Bertz CT molecular complexity index is 105. The number of hydrogen-bond donors (Lipinski definition) is 1. The van der Waals surface area contributed by atoms with Crippen LogP contribution < -0.4 is 0 Å². The summed E-state index contributed by atoms with van der Waals surface area (Å²) in [6, 6.07) is 1.04. The van der Waals surface area contributed by atoms with Crippen molar-refractivity contribution in [2.24, 2.45) is 0 Å². The lowest BCUT2D eigenvalue weighted by Crippen LogP contribution is -2.37. The third-order valence-corrected chi connectivity index (χ3v) is 2.43. The Kier molecular flexibility index (Phi) is 2.69. The van der Waals surface area contributed by atoms with Gasteiger partial charge in [0, 0.05) is 12.1 Å². The highest BCUT2D eigenvalue weighted by atomic mass is 16.3. The summed E-state index contributed by atoms with van der Waals surface area (Å²) in [7, 11) is 0. The molecule has 0 amide bonds. The van der Waals surface area contributed by atoms with Crippen LogP contribution in [-0.2, 0) is 0 Å². The average Bonchev–Trinajstić information content (AvgIpc) is 2.34. The molecule has 1 saturated heterocycles. The molecule has 60 valence electrons. The lowest BCUT2D eigenvalue weighted by molar-refractivity contribution is 0.130. The lowest BCUT2D eigenvalue weighted by atomic mass is 10.2. The molecule has 0 aliphatic carbocycles. The van der Waals surface area contributed by atoms with Gasteiger partial charge in [0.1, 0.15) is 0 Å². The van der Waals surface area contributed by atoms with Crippen LogP contribution in [0.5, 0.6) is 0 Å². The molecule has 0 aromatic carbocycles. The molecule has 1 rings (SSSR count). The van der Waals surface area contributed by atoms with E-state index in [2.05, 4.69) is 18.7 Å². The molecule has 2 unspecified atom stereocenters. The van der Waals surface area contributed by atoms with Crippen LogP contribution in [0.2, 0.25) is 0 Å². The summed E-state index contributed by atoms with van der Waals surface area (Å²) >= 11 is 0. The third kappa shape index (κ3) is 1.50. The monoisotopic (exact) mass is 143 g/mol. The molecule has 0 saturated carbocycles. The van der Waals surface area contributed by atoms with E-state index in [9.17, 15) is 0 Å². The molecule has 2 nitrogen and oxygen atoms in total. The van der Waals surface area contributed by atoms with Crippen LogP contribution in [0.1, 0.15) is 26.7 Å². The molecule has 1 aliphatic heterocycles. The maximum atomic E-state index is 8.87. The number of aliphatic hydroxyl groups excluding tert-OH is 1. The first-order chi connectivity index (χ1) is 4.75. The fourth-order valence-corrected chi connectivity index (χ4v) is 1.72. The fourth-order valence-electron chi connectivity index (χ4n) is 1.72. The molecule has 0 bridgehead atoms. The van der Waals surface area contributed by atoms with E-state index in [4.69, 9.17) is 5.11 Å². The zero-order valence-corrected chi connectivity index (χ0v) is 6.88. The lowest BCUT2D eigenvalue weighted by Gasteiger charge is -2.26. The second kappa shape index (κ2) is 3.35. The Morgan fingerprint density at radius 1 is 1.70 bits per heavy atom. The summed E-state index contributed by atoms with van der Waals surface area (Å²) in [4.78, 5) is 2.38. The molecule has 10 heavy (non-hydrogen) atoms. The first-order valence-corrected chi connectivity index (χ1v) is 4.12. The van der Waals surface area contributed by atoms with Crippen molar-refractivity contribution in [3.8, 4) is 0 Å². The van der Waals surface area contributed by atoms with Crippen molar-refractivity contribution in [2.75, 3.05) is 13.2 Å². The van der Waals surface area contributed by atoms with Crippen LogP contribution in [0.25, 0.3) is 0 Å². The first-order valence-electron chi connectivity index (χ1n) is 4.12. The van der Waals surface area contributed by atoms with E-state index in [1.54, 1.807) is 0 Å². The van der Waals surface area contributed by atoms with Gasteiger partial charge in [-0.3, -0.25) is 4.90 Å². The smallest absolute Gasteiger partial charge is 0.0584 e. The molecule has 0 spiro atoms. The molecular formula is C8H17NO. The van der Waals surface area contributed by atoms with Crippen LogP contribution >= 0.6 is 0 Å². The van der Waals surface area contributed by atoms with E-state index in [0.717, 1.165) is 0 Å². The van der Waals surface area contributed by atoms with Gasteiger partial charge in [0.2, 0.25) is 0 Å². The van der Waals surface area contributed by atoms with Gasteiger partial charge in [-0.05, 0) is 33.2 Å². The van der Waals surface area contributed by atoms with Crippen molar-refractivity contribution in [3.05, 3.63) is 0 Å².